The van der Waals surface area contributed by atoms with Gasteiger partial charge in [0.25, 0.3) is 0 Å². The zero-order valence-corrected chi connectivity index (χ0v) is 7.42. The Morgan fingerprint density at radius 3 is 2.85 bits per heavy atom. The van der Waals surface area contributed by atoms with E-state index in [2.05, 4.69) is 0 Å². The summed E-state index contributed by atoms with van der Waals surface area (Å²) in [7, 11) is 0. The minimum Gasteiger partial charge on any atom is -0.324 e. The molecule has 0 saturated heterocycles. The maximum atomic E-state index is 13.2. The van der Waals surface area contributed by atoms with Crippen LogP contribution >= 0.6 is 0 Å². The largest absolute Gasteiger partial charge is 0.324 e. The van der Waals surface area contributed by atoms with Crippen LogP contribution in [-0.4, -0.2) is 0 Å². The molecule has 0 fully saturated rings. The standard InChI is InChI=1S/C10H11FN2/c1-2-10(13)8-5-7(6-12)3-4-9(8)11/h3-5,10H,2,13H2,1H3/t10-/m0/s1. The Hall–Kier alpha value is -1.40. The molecule has 0 aliphatic rings. The zero-order valence-electron chi connectivity index (χ0n) is 7.42. The van der Waals surface area contributed by atoms with Crippen molar-refractivity contribution in [1.29, 1.82) is 5.26 Å². The fourth-order valence-corrected chi connectivity index (χ4v) is 1.12. The van der Waals surface area contributed by atoms with Crippen LogP contribution in [0.15, 0.2) is 18.2 Å². The minimum absolute atomic E-state index is 0.326. The number of nitrogens with two attached hydrogens (primary N) is 1. The SMILES string of the molecule is CC[C@H](N)c1cc(C#N)ccc1F. The van der Waals surface area contributed by atoms with Crippen LogP contribution in [0.1, 0.15) is 30.5 Å². The topological polar surface area (TPSA) is 49.8 Å². The van der Waals surface area contributed by atoms with E-state index in [9.17, 15) is 4.39 Å². The molecule has 13 heavy (non-hydrogen) atoms. The molecule has 1 atom stereocenters. The summed E-state index contributed by atoms with van der Waals surface area (Å²) in [6.45, 7) is 1.88. The second-order valence-corrected chi connectivity index (χ2v) is 2.86. The third-order valence-electron chi connectivity index (χ3n) is 1.96. The van der Waals surface area contributed by atoms with E-state index < -0.39 is 0 Å². The molecule has 1 rings (SSSR count). The zero-order chi connectivity index (χ0) is 9.84. The monoisotopic (exact) mass is 178 g/mol. The summed E-state index contributed by atoms with van der Waals surface area (Å²) in [5.74, 6) is -0.339. The molecule has 0 aromatic heterocycles. The molecule has 0 aliphatic carbocycles. The summed E-state index contributed by atoms with van der Waals surface area (Å²) in [6, 6.07) is 5.86. The van der Waals surface area contributed by atoms with E-state index in [1.807, 2.05) is 13.0 Å². The van der Waals surface area contributed by atoms with Crippen molar-refractivity contribution in [3.05, 3.63) is 35.1 Å². The van der Waals surface area contributed by atoms with Gasteiger partial charge in [-0.2, -0.15) is 5.26 Å². The molecule has 0 saturated carbocycles. The number of hydrogen-bond acceptors (Lipinski definition) is 2. The molecule has 1 aromatic rings. The van der Waals surface area contributed by atoms with E-state index in [1.54, 1.807) is 0 Å². The fourth-order valence-electron chi connectivity index (χ4n) is 1.12. The Morgan fingerprint density at radius 1 is 1.62 bits per heavy atom. The van der Waals surface area contributed by atoms with E-state index in [-0.39, 0.29) is 11.9 Å². The van der Waals surface area contributed by atoms with Crippen LogP contribution < -0.4 is 5.73 Å². The maximum Gasteiger partial charge on any atom is 0.128 e. The molecule has 1 aromatic carbocycles. The average molecular weight is 178 g/mol. The number of benzene rings is 1. The Bertz CT molecular complexity index is 341. The number of rotatable bonds is 2. The van der Waals surface area contributed by atoms with Crippen LogP contribution in [0.5, 0.6) is 0 Å². The molecule has 2 N–H and O–H groups in total. The minimum atomic E-state index is -0.339. The van der Waals surface area contributed by atoms with Crippen LogP contribution in [0.3, 0.4) is 0 Å². The third kappa shape index (κ3) is 2.04. The number of hydrogen-bond donors (Lipinski definition) is 1. The van der Waals surface area contributed by atoms with E-state index >= 15 is 0 Å². The van der Waals surface area contributed by atoms with Gasteiger partial charge >= 0.3 is 0 Å². The van der Waals surface area contributed by atoms with Crippen molar-refractivity contribution in [2.75, 3.05) is 0 Å². The van der Waals surface area contributed by atoms with Gasteiger partial charge in [0.05, 0.1) is 11.6 Å². The van der Waals surface area contributed by atoms with Crippen molar-refractivity contribution in [2.24, 2.45) is 5.73 Å². The lowest BCUT2D eigenvalue weighted by Gasteiger charge is -2.09. The van der Waals surface area contributed by atoms with Gasteiger partial charge in [-0.3, -0.25) is 0 Å². The number of nitriles is 1. The van der Waals surface area contributed by atoms with Crippen molar-refractivity contribution in [3.8, 4) is 6.07 Å². The van der Waals surface area contributed by atoms with Crippen molar-refractivity contribution in [2.45, 2.75) is 19.4 Å². The highest BCUT2D eigenvalue weighted by Gasteiger charge is 2.09. The Labute approximate surface area is 76.8 Å². The summed E-state index contributed by atoms with van der Waals surface area (Å²) < 4.78 is 13.2. The lowest BCUT2D eigenvalue weighted by Crippen LogP contribution is -2.10. The molecule has 3 heteroatoms. The Kier molecular flexibility index (Phi) is 2.99. The van der Waals surface area contributed by atoms with Gasteiger partial charge in [-0.15, -0.1) is 0 Å². The number of halogens is 1. The van der Waals surface area contributed by atoms with Gasteiger partial charge in [0.2, 0.25) is 0 Å². The first kappa shape index (κ1) is 9.69. The molecule has 68 valence electrons. The lowest BCUT2D eigenvalue weighted by molar-refractivity contribution is 0.575. The van der Waals surface area contributed by atoms with Crippen molar-refractivity contribution in [1.82, 2.24) is 0 Å². The molecule has 0 amide bonds. The third-order valence-corrected chi connectivity index (χ3v) is 1.96. The molecule has 0 radical (unpaired) electrons. The van der Waals surface area contributed by atoms with E-state index in [4.69, 9.17) is 11.0 Å². The van der Waals surface area contributed by atoms with Crippen LogP contribution in [0.4, 0.5) is 4.39 Å². The Balaban J connectivity index is 3.12. The Morgan fingerprint density at radius 2 is 2.31 bits per heavy atom. The van der Waals surface area contributed by atoms with Gasteiger partial charge in [0.1, 0.15) is 5.82 Å². The predicted octanol–water partition coefficient (Wildman–Crippen LogP) is 2.11. The molecular weight excluding hydrogens is 167 g/mol. The highest BCUT2D eigenvalue weighted by atomic mass is 19.1. The first-order chi connectivity index (χ1) is 6.19. The van der Waals surface area contributed by atoms with Crippen molar-refractivity contribution >= 4 is 0 Å². The van der Waals surface area contributed by atoms with Gasteiger partial charge in [-0.05, 0) is 24.6 Å². The summed E-state index contributed by atoms with van der Waals surface area (Å²) in [5, 5.41) is 8.59. The smallest absolute Gasteiger partial charge is 0.128 e. The average Bonchev–Trinajstić information content (AvgIpc) is 2.17. The van der Waals surface area contributed by atoms with Gasteiger partial charge in [0, 0.05) is 11.6 Å². The first-order valence-corrected chi connectivity index (χ1v) is 4.14. The van der Waals surface area contributed by atoms with Gasteiger partial charge in [0.15, 0.2) is 0 Å². The van der Waals surface area contributed by atoms with Gasteiger partial charge in [-0.1, -0.05) is 6.92 Å². The summed E-state index contributed by atoms with van der Waals surface area (Å²) >= 11 is 0. The van der Waals surface area contributed by atoms with Crippen molar-refractivity contribution in [3.63, 3.8) is 0 Å². The molecular formula is C10H11FN2. The molecule has 0 unspecified atom stereocenters. The highest BCUT2D eigenvalue weighted by molar-refractivity contribution is 5.35. The van der Waals surface area contributed by atoms with Crippen LogP contribution in [0, 0.1) is 17.1 Å². The summed E-state index contributed by atoms with van der Waals surface area (Å²) in [6.07, 6.45) is 0.659. The molecule has 2 nitrogen and oxygen atoms in total. The predicted molar refractivity (Wildman–Crippen MR) is 48.3 cm³/mol. The van der Waals surface area contributed by atoms with Crippen LogP contribution in [0.2, 0.25) is 0 Å². The van der Waals surface area contributed by atoms with E-state index in [1.165, 1.54) is 18.2 Å². The first-order valence-electron chi connectivity index (χ1n) is 4.14. The molecule has 0 spiro atoms. The van der Waals surface area contributed by atoms with Crippen LogP contribution in [-0.2, 0) is 0 Å². The quantitative estimate of drug-likeness (QED) is 0.754. The normalized spacial score (nSPS) is 12.2. The van der Waals surface area contributed by atoms with Crippen molar-refractivity contribution < 1.29 is 4.39 Å². The highest BCUT2D eigenvalue weighted by Crippen LogP contribution is 2.18. The molecule has 0 aliphatic heterocycles. The fraction of sp³-hybridized carbons (Fsp3) is 0.300. The second-order valence-electron chi connectivity index (χ2n) is 2.86. The second kappa shape index (κ2) is 4.01. The maximum absolute atomic E-state index is 13.2. The summed E-state index contributed by atoms with van der Waals surface area (Å²) in [4.78, 5) is 0. The molecule has 0 bridgehead atoms. The lowest BCUT2D eigenvalue weighted by atomic mass is 10.0. The van der Waals surface area contributed by atoms with Gasteiger partial charge < -0.3 is 5.73 Å². The van der Waals surface area contributed by atoms with Gasteiger partial charge in [-0.25, -0.2) is 4.39 Å². The van der Waals surface area contributed by atoms with E-state index in [0.29, 0.717) is 17.5 Å². The van der Waals surface area contributed by atoms with Crippen LogP contribution in [0.25, 0.3) is 0 Å². The number of nitrogens with zero attached hydrogens (tertiary/aromatic N) is 1. The van der Waals surface area contributed by atoms with E-state index in [0.717, 1.165) is 0 Å². The summed E-state index contributed by atoms with van der Waals surface area (Å²) in [5.41, 5.74) is 6.53. The molecule has 0 heterocycles.